The molecule has 0 rings (SSSR count). The molecule has 0 saturated heterocycles. The molecule has 0 unspecified atom stereocenters. The molecule has 0 aromatic rings. The minimum Gasteiger partial charge on any atom is -0.390 e. The Kier molecular flexibility index (Phi) is 58.6. The minimum atomic E-state index is -0.513. The zero-order valence-electron chi connectivity index (χ0n) is 51.4. The maximum absolute atomic E-state index is 9.61. The molecule has 0 spiro atoms. The molecule has 408 valence electrons. The third-order valence-corrected chi connectivity index (χ3v) is 10.6. The Morgan fingerprint density at radius 2 is 0.507 bits per heavy atom. The smallest absolute Gasteiger partial charge is 0.0591 e. The molecule has 0 radical (unpaired) electrons. The number of hydrogen-bond acceptors (Lipinski definition) is 3. The second-order valence-electron chi connectivity index (χ2n) is 22.2. The Hall–Kier alpha value is -2.46. The van der Waals surface area contributed by atoms with E-state index >= 15 is 0 Å². The second kappa shape index (κ2) is 51.9. The van der Waals surface area contributed by atoms with E-state index in [1.54, 1.807) is 0 Å². The van der Waals surface area contributed by atoms with Gasteiger partial charge in [-0.2, -0.15) is 0 Å². The highest BCUT2D eigenvalue weighted by Gasteiger charge is 2.12. The van der Waals surface area contributed by atoms with Crippen LogP contribution < -0.4 is 0 Å². The Labute approximate surface area is 436 Å². The lowest BCUT2D eigenvalue weighted by molar-refractivity contribution is 0.0683. The van der Waals surface area contributed by atoms with E-state index in [1.165, 1.54) is 108 Å². The summed E-state index contributed by atoms with van der Waals surface area (Å²) in [4.78, 5) is 0. The van der Waals surface area contributed by atoms with Crippen molar-refractivity contribution in [3.8, 4) is 0 Å². The number of hydrogen-bond donors (Lipinski definition) is 3. The lowest BCUT2D eigenvalue weighted by Crippen LogP contribution is -2.17. The first-order chi connectivity index (χ1) is 31.9. The molecule has 0 aromatic carbocycles. The quantitative estimate of drug-likeness (QED) is 0.0719. The Bertz CT molecular complexity index is 1430. The number of aliphatic hydroxyl groups is 3. The monoisotopic (exact) mass is 967 g/mol. The van der Waals surface area contributed by atoms with Crippen molar-refractivity contribution in [2.45, 2.75) is 318 Å². The number of rotatable bonds is 27. The molecule has 3 heteroatoms. The van der Waals surface area contributed by atoms with Crippen LogP contribution in [0.25, 0.3) is 0 Å². The van der Waals surface area contributed by atoms with Crippen LogP contribution in [0.2, 0.25) is 0 Å². The van der Waals surface area contributed by atoms with Gasteiger partial charge in [-0.1, -0.05) is 153 Å². The molecule has 0 aliphatic heterocycles. The molecule has 0 aliphatic carbocycles. The van der Waals surface area contributed by atoms with E-state index in [4.69, 9.17) is 5.11 Å². The van der Waals surface area contributed by atoms with Crippen LogP contribution in [0.5, 0.6) is 0 Å². The van der Waals surface area contributed by atoms with Gasteiger partial charge >= 0.3 is 0 Å². The number of allylic oxidation sites excluding steroid dienone is 18. The average molecular weight is 968 g/mol. The molecule has 69 heavy (non-hydrogen) atoms. The van der Waals surface area contributed by atoms with Gasteiger partial charge in [-0.05, 0) is 253 Å². The van der Waals surface area contributed by atoms with E-state index < -0.39 is 16.8 Å². The lowest BCUT2D eigenvalue weighted by atomic mass is 9.99. The highest BCUT2D eigenvalue weighted by atomic mass is 16.3. The van der Waals surface area contributed by atoms with Crippen molar-refractivity contribution in [2.24, 2.45) is 0 Å². The maximum atomic E-state index is 9.61. The van der Waals surface area contributed by atoms with E-state index in [9.17, 15) is 10.2 Å². The van der Waals surface area contributed by atoms with E-state index in [-0.39, 0.29) is 0 Å². The summed E-state index contributed by atoms with van der Waals surface area (Å²) in [7, 11) is 0. The van der Waals surface area contributed by atoms with E-state index in [0.29, 0.717) is 0 Å². The Morgan fingerprint density at radius 1 is 0.290 bits per heavy atom. The molecule has 0 aliphatic rings. The molecule has 0 atom stereocenters. The Morgan fingerprint density at radius 3 is 0.696 bits per heavy atom. The fraction of sp³-hybridized carbons (Fsp3) is 0.727. The van der Waals surface area contributed by atoms with E-state index in [1.807, 2.05) is 41.5 Å². The fourth-order valence-electron chi connectivity index (χ4n) is 6.90. The second-order valence-corrected chi connectivity index (χ2v) is 22.2. The highest BCUT2D eigenvalue weighted by molar-refractivity contribution is 5.06. The van der Waals surface area contributed by atoms with Gasteiger partial charge in [0.2, 0.25) is 0 Å². The van der Waals surface area contributed by atoms with Crippen LogP contribution in [-0.2, 0) is 0 Å². The largest absolute Gasteiger partial charge is 0.390 e. The summed E-state index contributed by atoms with van der Waals surface area (Å²) in [5.74, 6) is 0. The molecule has 3 N–H and O–H groups in total. The summed E-state index contributed by atoms with van der Waals surface area (Å²) in [5, 5.41) is 28.1. The zero-order chi connectivity index (χ0) is 54.9. The standard InChI is InChI=1S/C16H30O.C16H28.C11H22O.C11H20.C6H14O.C6H12/c1-6-9-14(2)10-7-11-15(3)12-8-13-16(4,5)17;1-6-9-15(4)12-8-13-16(5)11-7-10-14(2)3;1-5-7-10(2)8-6-9-11(3,4)12;1-5-7-11(4)9-6-8-10(2)3;1-4-5-6(2,3)7;1-4-5-6(2)3/h9,11,17H,6-8,10,12-13H2,1-5H3;9-10,13H,6-8,11-12H2,1-5H3;7,12H,5-6,8-9H2,1-4H3;7-8H,5-6,9H2,1-4H3;7H,4-5H2,1-3H3;5H,4H2,1-3H3/b14-9+,15-11+;15-9+,16-13+;10-7+;11-7+;;. The van der Waals surface area contributed by atoms with Crippen LogP contribution in [0.1, 0.15) is 301 Å². The van der Waals surface area contributed by atoms with Crippen molar-refractivity contribution < 1.29 is 15.3 Å². The highest BCUT2D eigenvalue weighted by Crippen LogP contribution is 2.18. The van der Waals surface area contributed by atoms with Gasteiger partial charge in [0.1, 0.15) is 0 Å². The van der Waals surface area contributed by atoms with Crippen LogP contribution in [-0.4, -0.2) is 32.1 Å². The Balaban J connectivity index is -0.000000178. The maximum Gasteiger partial charge on any atom is 0.0591 e. The third-order valence-electron chi connectivity index (χ3n) is 10.6. The topological polar surface area (TPSA) is 60.7 Å². The first kappa shape index (κ1) is 78.0. The van der Waals surface area contributed by atoms with Crippen LogP contribution >= 0.6 is 0 Å². The molecular formula is C66H126O3. The van der Waals surface area contributed by atoms with Gasteiger partial charge in [0.25, 0.3) is 0 Å². The van der Waals surface area contributed by atoms with E-state index in [2.05, 4.69) is 179 Å². The lowest BCUT2D eigenvalue weighted by Gasteiger charge is -2.16. The van der Waals surface area contributed by atoms with Crippen molar-refractivity contribution in [3.05, 3.63) is 105 Å². The first-order valence-corrected chi connectivity index (χ1v) is 27.9. The first-order valence-electron chi connectivity index (χ1n) is 27.9. The van der Waals surface area contributed by atoms with Crippen LogP contribution in [0.15, 0.2) is 105 Å². The summed E-state index contributed by atoms with van der Waals surface area (Å²) in [5.41, 5.74) is 11.8. The van der Waals surface area contributed by atoms with Gasteiger partial charge in [0.15, 0.2) is 0 Å². The molecule has 0 heterocycles. The van der Waals surface area contributed by atoms with Gasteiger partial charge in [0, 0.05) is 0 Å². The van der Waals surface area contributed by atoms with Crippen LogP contribution in [0.3, 0.4) is 0 Å². The van der Waals surface area contributed by atoms with Gasteiger partial charge in [-0.3, -0.25) is 0 Å². The zero-order valence-corrected chi connectivity index (χ0v) is 51.4. The normalized spacial score (nSPS) is 12.6. The fourth-order valence-corrected chi connectivity index (χ4v) is 6.90. The molecule has 0 aromatic heterocycles. The SMILES string of the molecule is CC/C=C(\C)CC/C=C(\C)CCC=C(C)C.CC/C=C(\C)CC/C=C(\C)CCCC(C)(C)O.CC/C=C(\C)CCC=C(C)C.CC/C=C(\C)CCCC(C)(C)O.CCC=C(C)C.CCCC(C)(C)O. The molecule has 0 amide bonds. The minimum absolute atomic E-state index is 0.450. The van der Waals surface area contributed by atoms with Crippen molar-refractivity contribution in [3.63, 3.8) is 0 Å². The van der Waals surface area contributed by atoms with Gasteiger partial charge in [-0.25, -0.2) is 0 Å². The van der Waals surface area contributed by atoms with Gasteiger partial charge in [0.05, 0.1) is 16.8 Å². The van der Waals surface area contributed by atoms with Crippen LogP contribution in [0.4, 0.5) is 0 Å². The molecule has 3 nitrogen and oxygen atoms in total. The average Bonchev–Trinajstić information content (AvgIpc) is 3.18. The van der Waals surface area contributed by atoms with Gasteiger partial charge < -0.3 is 15.3 Å². The molecule has 0 bridgehead atoms. The van der Waals surface area contributed by atoms with Crippen molar-refractivity contribution >= 4 is 0 Å². The van der Waals surface area contributed by atoms with Crippen molar-refractivity contribution in [1.82, 2.24) is 0 Å². The summed E-state index contributed by atoms with van der Waals surface area (Å²) >= 11 is 0. The van der Waals surface area contributed by atoms with Crippen LogP contribution in [0, 0.1) is 0 Å². The third kappa shape index (κ3) is 89.0. The van der Waals surface area contributed by atoms with E-state index in [0.717, 1.165) is 77.0 Å². The van der Waals surface area contributed by atoms with Crippen molar-refractivity contribution in [2.75, 3.05) is 0 Å². The molecule has 0 saturated carbocycles. The predicted molar refractivity (Wildman–Crippen MR) is 321 cm³/mol. The predicted octanol–water partition coefficient (Wildman–Crippen LogP) is 22.1. The molecule has 0 fully saturated rings. The van der Waals surface area contributed by atoms with Crippen molar-refractivity contribution in [1.29, 1.82) is 0 Å². The summed E-state index contributed by atoms with van der Waals surface area (Å²) in [6.45, 7) is 50.2. The molecular weight excluding hydrogens is 841 g/mol. The summed E-state index contributed by atoms with van der Waals surface area (Å²) in [6, 6.07) is 0. The summed E-state index contributed by atoms with van der Waals surface area (Å²) < 4.78 is 0. The summed E-state index contributed by atoms with van der Waals surface area (Å²) in [6.07, 6.45) is 44.2. The van der Waals surface area contributed by atoms with Gasteiger partial charge in [-0.15, -0.1) is 0 Å².